The summed E-state index contributed by atoms with van der Waals surface area (Å²) in [6.45, 7) is 4.73. The van der Waals surface area contributed by atoms with Crippen molar-refractivity contribution in [3.05, 3.63) is 175 Å². The second-order valence-electron chi connectivity index (χ2n) is 13.3. The van der Waals surface area contributed by atoms with Crippen molar-refractivity contribution in [1.29, 1.82) is 0 Å². The van der Waals surface area contributed by atoms with Gasteiger partial charge in [0.1, 0.15) is 0 Å². The van der Waals surface area contributed by atoms with Crippen LogP contribution in [0.25, 0.3) is 78.3 Å². The molecule has 9 rings (SSSR count). The molecule has 232 valence electrons. The predicted octanol–water partition coefficient (Wildman–Crippen LogP) is 11.7. The first-order valence-electron chi connectivity index (χ1n) is 16.8. The van der Waals surface area contributed by atoms with Gasteiger partial charge in [0.25, 0.3) is 0 Å². The molecule has 3 nitrogen and oxygen atoms in total. The van der Waals surface area contributed by atoms with E-state index in [9.17, 15) is 0 Å². The minimum Gasteiger partial charge on any atom is -0.208 e. The van der Waals surface area contributed by atoms with Crippen LogP contribution in [0.5, 0.6) is 0 Å². The molecule has 0 spiro atoms. The maximum atomic E-state index is 4.90. The molecule has 0 bridgehead atoms. The summed E-state index contributed by atoms with van der Waals surface area (Å²) in [5, 5.41) is 2.62. The van der Waals surface area contributed by atoms with E-state index in [0.29, 0.717) is 17.5 Å². The molecule has 49 heavy (non-hydrogen) atoms. The molecule has 1 heterocycles. The van der Waals surface area contributed by atoms with E-state index < -0.39 is 0 Å². The van der Waals surface area contributed by atoms with Crippen molar-refractivity contribution in [1.82, 2.24) is 15.0 Å². The van der Waals surface area contributed by atoms with E-state index in [1.54, 1.807) is 0 Å². The molecule has 1 aliphatic carbocycles. The average Bonchev–Trinajstić information content (AvgIpc) is 3.42. The molecule has 0 fully saturated rings. The van der Waals surface area contributed by atoms with Gasteiger partial charge in [-0.2, -0.15) is 0 Å². The number of hydrogen-bond acceptors (Lipinski definition) is 3. The highest BCUT2D eigenvalue weighted by molar-refractivity contribution is 6.04. The molecule has 3 heteroatoms. The van der Waals surface area contributed by atoms with E-state index >= 15 is 0 Å². The van der Waals surface area contributed by atoms with Gasteiger partial charge in [-0.3, -0.25) is 0 Å². The first kappa shape index (κ1) is 29.0. The molecule has 0 unspecified atom stereocenters. The lowest BCUT2D eigenvalue weighted by Crippen LogP contribution is -2.15. The van der Waals surface area contributed by atoms with Crippen LogP contribution >= 0.6 is 0 Å². The van der Waals surface area contributed by atoms with Gasteiger partial charge >= 0.3 is 0 Å². The zero-order chi connectivity index (χ0) is 33.0. The van der Waals surface area contributed by atoms with Crippen LogP contribution in [0.1, 0.15) is 25.0 Å². The highest BCUT2D eigenvalue weighted by Crippen LogP contribution is 2.54. The average molecular weight is 628 g/mol. The Morgan fingerprint density at radius 2 is 0.837 bits per heavy atom. The first-order valence-corrected chi connectivity index (χ1v) is 16.8. The van der Waals surface area contributed by atoms with Gasteiger partial charge < -0.3 is 0 Å². The lowest BCUT2D eigenvalue weighted by Gasteiger charge is -2.24. The molecule has 0 aliphatic heterocycles. The third kappa shape index (κ3) is 4.94. The van der Waals surface area contributed by atoms with Crippen molar-refractivity contribution >= 4 is 10.8 Å². The van der Waals surface area contributed by atoms with Crippen molar-refractivity contribution in [3.63, 3.8) is 0 Å². The Morgan fingerprint density at radius 3 is 1.43 bits per heavy atom. The second-order valence-corrected chi connectivity index (χ2v) is 13.3. The van der Waals surface area contributed by atoms with Crippen LogP contribution in [0.3, 0.4) is 0 Å². The topological polar surface area (TPSA) is 38.7 Å². The van der Waals surface area contributed by atoms with Crippen LogP contribution in [-0.2, 0) is 5.41 Å². The Balaban J connectivity index is 1.09. The fraction of sp³-hybridized carbons (Fsp3) is 0.0652. The fourth-order valence-electron chi connectivity index (χ4n) is 7.48. The highest BCUT2D eigenvalue weighted by Gasteiger charge is 2.38. The number of nitrogens with zero attached hydrogens (tertiary/aromatic N) is 3. The molecule has 0 atom stereocenters. The van der Waals surface area contributed by atoms with Crippen LogP contribution in [-0.4, -0.2) is 15.0 Å². The summed E-state index contributed by atoms with van der Waals surface area (Å²) in [4.78, 5) is 14.6. The van der Waals surface area contributed by atoms with E-state index in [0.717, 1.165) is 22.3 Å². The summed E-state index contributed by atoms with van der Waals surface area (Å²) in [6.07, 6.45) is 0. The molecular weight excluding hydrogens is 595 g/mol. The zero-order valence-electron chi connectivity index (χ0n) is 27.4. The molecule has 7 aromatic carbocycles. The maximum absolute atomic E-state index is 4.90. The molecule has 0 amide bonds. The van der Waals surface area contributed by atoms with Gasteiger partial charge in [-0.05, 0) is 61.3 Å². The lowest BCUT2D eigenvalue weighted by molar-refractivity contribution is 0.666. The molecule has 8 aromatic rings. The van der Waals surface area contributed by atoms with Crippen molar-refractivity contribution in [2.45, 2.75) is 19.3 Å². The Labute approximate surface area is 286 Å². The Morgan fingerprint density at radius 1 is 0.388 bits per heavy atom. The molecule has 0 saturated carbocycles. The van der Waals surface area contributed by atoms with Crippen LogP contribution in [0, 0.1) is 0 Å². The van der Waals surface area contributed by atoms with Crippen molar-refractivity contribution in [2.75, 3.05) is 0 Å². The van der Waals surface area contributed by atoms with E-state index in [-0.39, 0.29) is 5.41 Å². The van der Waals surface area contributed by atoms with Crippen molar-refractivity contribution in [3.8, 4) is 67.5 Å². The normalized spacial score (nSPS) is 12.9. The number of benzene rings is 7. The minimum atomic E-state index is -0.0779. The first-order chi connectivity index (χ1) is 24.0. The van der Waals surface area contributed by atoms with Gasteiger partial charge in [0.2, 0.25) is 0 Å². The zero-order valence-corrected chi connectivity index (χ0v) is 27.4. The van der Waals surface area contributed by atoms with E-state index in [1.807, 2.05) is 60.7 Å². The number of rotatable bonds is 5. The van der Waals surface area contributed by atoms with Crippen LogP contribution in [0.2, 0.25) is 0 Å². The minimum absolute atomic E-state index is 0.0779. The smallest absolute Gasteiger partial charge is 0.164 e. The van der Waals surface area contributed by atoms with Gasteiger partial charge in [-0.1, -0.05) is 172 Å². The summed E-state index contributed by atoms with van der Waals surface area (Å²) in [6, 6.07) is 57.8. The molecular formula is C46H33N3. The van der Waals surface area contributed by atoms with E-state index in [1.165, 1.54) is 49.7 Å². The summed E-state index contributed by atoms with van der Waals surface area (Å²) in [7, 11) is 0. The van der Waals surface area contributed by atoms with Gasteiger partial charge in [-0.25, -0.2) is 15.0 Å². The van der Waals surface area contributed by atoms with Gasteiger partial charge in [0.15, 0.2) is 17.5 Å². The van der Waals surface area contributed by atoms with Crippen molar-refractivity contribution in [2.24, 2.45) is 0 Å². The van der Waals surface area contributed by atoms with Crippen molar-refractivity contribution < 1.29 is 0 Å². The fourth-order valence-corrected chi connectivity index (χ4v) is 7.48. The number of hydrogen-bond donors (Lipinski definition) is 0. The third-order valence-electron chi connectivity index (χ3n) is 9.92. The number of fused-ring (bicyclic) bond motifs is 5. The standard InChI is InChI=1S/C46H33N3/c1-46(2)40-20-12-11-19-38(40)41-39(29-36-17-9-10-18-37(36)42(41)46)32-25-21-30(22-26-32)31-23-27-35(28-24-31)45-48-43(33-13-5-3-6-14-33)47-44(49-45)34-15-7-4-8-16-34/h3-29H,1-2H3. The van der Waals surface area contributed by atoms with Gasteiger partial charge in [0.05, 0.1) is 0 Å². The van der Waals surface area contributed by atoms with E-state index in [4.69, 9.17) is 15.0 Å². The molecule has 1 aromatic heterocycles. The second kappa shape index (κ2) is 11.5. The summed E-state index contributed by atoms with van der Waals surface area (Å²) in [5.74, 6) is 1.98. The summed E-state index contributed by atoms with van der Waals surface area (Å²) in [5.41, 5.74) is 13.1. The SMILES string of the molecule is CC1(C)c2ccccc2-c2c(-c3ccc(-c4ccc(-c5nc(-c6ccccc6)nc(-c6ccccc6)n5)cc4)cc3)cc3ccccc3c21. The molecule has 0 radical (unpaired) electrons. The largest absolute Gasteiger partial charge is 0.208 e. The summed E-state index contributed by atoms with van der Waals surface area (Å²) >= 11 is 0. The quantitative estimate of drug-likeness (QED) is 0.191. The lowest BCUT2D eigenvalue weighted by atomic mass is 9.79. The highest BCUT2D eigenvalue weighted by atomic mass is 15.0. The molecule has 0 saturated heterocycles. The van der Waals surface area contributed by atoms with Crippen LogP contribution in [0.4, 0.5) is 0 Å². The van der Waals surface area contributed by atoms with Crippen LogP contribution < -0.4 is 0 Å². The Hall–Kier alpha value is -6.19. The third-order valence-corrected chi connectivity index (χ3v) is 9.92. The van der Waals surface area contributed by atoms with E-state index in [2.05, 4.69) is 117 Å². The monoisotopic (exact) mass is 627 g/mol. The Bertz CT molecular complexity index is 2420. The Kier molecular flexibility index (Phi) is 6.80. The van der Waals surface area contributed by atoms with Crippen LogP contribution in [0.15, 0.2) is 164 Å². The summed E-state index contributed by atoms with van der Waals surface area (Å²) < 4.78 is 0. The predicted molar refractivity (Wildman–Crippen MR) is 202 cm³/mol. The molecule has 0 N–H and O–H groups in total. The van der Waals surface area contributed by atoms with Gasteiger partial charge in [-0.15, -0.1) is 0 Å². The maximum Gasteiger partial charge on any atom is 0.164 e. The molecule has 1 aliphatic rings. The van der Waals surface area contributed by atoms with Gasteiger partial charge in [0, 0.05) is 22.1 Å². The number of aromatic nitrogens is 3.